The average Bonchev–Trinajstić information content (AvgIpc) is 2.34. The number of carbonyl (C=O) groups excluding carboxylic acids is 1. The topological polar surface area (TPSA) is 26.3 Å². The van der Waals surface area contributed by atoms with Crippen molar-refractivity contribution in [2.24, 2.45) is 5.92 Å². The highest BCUT2D eigenvalue weighted by Gasteiger charge is 2.18. The first kappa shape index (κ1) is 18.8. The molecule has 0 rings (SSSR count). The number of esters is 1. The minimum Gasteiger partial charge on any atom is -0.465 e. The van der Waals surface area contributed by atoms with Gasteiger partial charge in [0.2, 0.25) is 0 Å². The van der Waals surface area contributed by atoms with E-state index in [0.717, 1.165) is 31.4 Å². The fraction of sp³-hybridized carbons (Fsp3) is 0.933. The number of thioether (sulfide) groups is 1. The van der Waals surface area contributed by atoms with Gasteiger partial charge >= 0.3 is 5.97 Å². The predicted octanol–water partition coefficient (Wildman–Crippen LogP) is 4.62. The van der Waals surface area contributed by atoms with Gasteiger partial charge in [-0.15, -0.1) is 11.8 Å². The van der Waals surface area contributed by atoms with E-state index >= 15 is 0 Å². The molecule has 4 heteroatoms. The fourth-order valence-corrected chi connectivity index (χ4v) is 2.72. The van der Waals surface area contributed by atoms with Gasteiger partial charge in [-0.1, -0.05) is 33.6 Å². The van der Waals surface area contributed by atoms with Crippen molar-refractivity contribution in [2.75, 3.05) is 12.4 Å². The average molecular weight is 292 g/mol. The maximum absolute atomic E-state index is 12.6. The molecule has 0 heterocycles. The lowest BCUT2D eigenvalue weighted by molar-refractivity contribution is -0.144. The molecular weight excluding hydrogens is 263 g/mol. The summed E-state index contributed by atoms with van der Waals surface area (Å²) in [5.74, 6) is 1.25. The second-order valence-corrected chi connectivity index (χ2v) is 6.73. The van der Waals surface area contributed by atoms with Gasteiger partial charge in [-0.05, 0) is 37.9 Å². The van der Waals surface area contributed by atoms with Crippen LogP contribution in [0, 0.1) is 5.92 Å². The summed E-state index contributed by atoms with van der Waals surface area (Å²) in [6, 6.07) is 0. The van der Waals surface area contributed by atoms with Crippen LogP contribution in [-0.4, -0.2) is 29.8 Å². The van der Waals surface area contributed by atoms with E-state index in [1.807, 2.05) is 20.8 Å². The summed E-state index contributed by atoms with van der Waals surface area (Å²) < 4.78 is 17.8. The number of carbonyl (C=O) groups is 1. The quantitative estimate of drug-likeness (QED) is 0.411. The third kappa shape index (κ3) is 11.3. The van der Waals surface area contributed by atoms with Gasteiger partial charge in [0.1, 0.15) is 5.25 Å². The lowest BCUT2D eigenvalue weighted by Crippen LogP contribution is -2.22. The molecule has 0 fully saturated rings. The molecule has 0 saturated heterocycles. The zero-order valence-electron chi connectivity index (χ0n) is 12.8. The van der Waals surface area contributed by atoms with Gasteiger partial charge in [0.05, 0.1) is 12.8 Å². The summed E-state index contributed by atoms with van der Waals surface area (Å²) in [4.78, 5) is 11.8. The Balaban J connectivity index is 3.66. The van der Waals surface area contributed by atoms with Crippen LogP contribution in [0.5, 0.6) is 0 Å². The summed E-state index contributed by atoms with van der Waals surface area (Å²) in [6.07, 6.45) is 3.79. The standard InChI is InChI=1S/C15H29FO2S/c1-5-14(15(17)18-11-12(2)3)19-10-8-6-7-9-13(4)16/h12-14H,5-11H2,1-4H3. The molecule has 2 atom stereocenters. The highest BCUT2D eigenvalue weighted by atomic mass is 32.2. The van der Waals surface area contributed by atoms with E-state index in [4.69, 9.17) is 4.74 Å². The van der Waals surface area contributed by atoms with Crippen molar-refractivity contribution in [3.8, 4) is 0 Å². The second-order valence-electron chi connectivity index (χ2n) is 5.42. The number of rotatable bonds is 11. The van der Waals surface area contributed by atoms with Crippen molar-refractivity contribution in [1.29, 1.82) is 0 Å². The maximum atomic E-state index is 12.6. The minimum atomic E-state index is -0.693. The van der Waals surface area contributed by atoms with Gasteiger partial charge in [-0.3, -0.25) is 4.79 Å². The van der Waals surface area contributed by atoms with Crippen LogP contribution >= 0.6 is 11.8 Å². The first-order chi connectivity index (χ1) is 8.97. The van der Waals surface area contributed by atoms with Gasteiger partial charge in [-0.2, -0.15) is 0 Å². The van der Waals surface area contributed by atoms with Crippen LogP contribution in [-0.2, 0) is 9.53 Å². The monoisotopic (exact) mass is 292 g/mol. The molecule has 2 unspecified atom stereocenters. The zero-order chi connectivity index (χ0) is 14.7. The van der Waals surface area contributed by atoms with Gasteiger partial charge in [-0.25, -0.2) is 4.39 Å². The van der Waals surface area contributed by atoms with Crippen LogP contribution in [0.3, 0.4) is 0 Å². The molecule has 0 N–H and O–H groups in total. The Bertz CT molecular complexity index is 232. The molecule has 0 aliphatic carbocycles. The smallest absolute Gasteiger partial charge is 0.319 e. The van der Waals surface area contributed by atoms with E-state index in [1.54, 1.807) is 18.7 Å². The largest absolute Gasteiger partial charge is 0.465 e. The second kappa shape index (κ2) is 11.6. The Morgan fingerprint density at radius 3 is 2.42 bits per heavy atom. The highest BCUT2D eigenvalue weighted by Crippen LogP contribution is 2.19. The molecule has 2 nitrogen and oxygen atoms in total. The number of halogens is 1. The van der Waals surface area contributed by atoms with Gasteiger partial charge in [0, 0.05) is 0 Å². The molecule has 0 spiro atoms. The molecular formula is C15H29FO2S. The van der Waals surface area contributed by atoms with Crippen molar-refractivity contribution in [3.63, 3.8) is 0 Å². The normalized spacial score (nSPS) is 14.4. The maximum Gasteiger partial charge on any atom is 0.319 e. The number of hydrogen-bond donors (Lipinski definition) is 0. The molecule has 0 amide bonds. The molecule has 0 radical (unpaired) electrons. The molecule has 0 aromatic heterocycles. The van der Waals surface area contributed by atoms with E-state index in [1.165, 1.54) is 0 Å². The van der Waals surface area contributed by atoms with E-state index in [0.29, 0.717) is 18.9 Å². The van der Waals surface area contributed by atoms with Crippen LogP contribution in [0.2, 0.25) is 0 Å². The van der Waals surface area contributed by atoms with E-state index < -0.39 is 6.17 Å². The number of alkyl halides is 1. The van der Waals surface area contributed by atoms with Crippen LogP contribution in [0.15, 0.2) is 0 Å². The molecule has 0 aromatic rings. The van der Waals surface area contributed by atoms with Crippen LogP contribution < -0.4 is 0 Å². The van der Waals surface area contributed by atoms with Crippen molar-refractivity contribution >= 4 is 17.7 Å². The SMILES string of the molecule is CCC(SCCCCCC(C)F)C(=O)OCC(C)C. The van der Waals surface area contributed by atoms with Crippen LogP contribution in [0.25, 0.3) is 0 Å². The summed E-state index contributed by atoms with van der Waals surface area (Å²) in [5.41, 5.74) is 0. The van der Waals surface area contributed by atoms with Crippen LogP contribution in [0.4, 0.5) is 4.39 Å². The molecule has 0 bridgehead atoms. The Morgan fingerprint density at radius 2 is 1.89 bits per heavy atom. The van der Waals surface area contributed by atoms with E-state index in [-0.39, 0.29) is 11.2 Å². The Morgan fingerprint density at radius 1 is 1.21 bits per heavy atom. The van der Waals surface area contributed by atoms with Crippen molar-refractivity contribution < 1.29 is 13.9 Å². The molecule has 0 aromatic carbocycles. The van der Waals surface area contributed by atoms with Crippen molar-refractivity contribution in [1.82, 2.24) is 0 Å². The first-order valence-electron chi connectivity index (χ1n) is 7.39. The Labute approximate surface area is 121 Å². The highest BCUT2D eigenvalue weighted by molar-refractivity contribution is 8.00. The summed E-state index contributed by atoms with van der Waals surface area (Å²) >= 11 is 1.67. The predicted molar refractivity (Wildman–Crippen MR) is 81.4 cm³/mol. The Hall–Kier alpha value is -0.250. The van der Waals surface area contributed by atoms with E-state index in [9.17, 15) is 9.18 Å². The molecule has 19 heavy (non-hydrogen) atoms. The zero-order valence-corrected chi connectivity index (χ0v) is 13.6. The van der Waals surface area contributed by atoms with Crippen LogP contribution in [0.1, 0.15) is 59.8 Å². The molecule has 114 valence electrons. The fourth-order valence-electron chi connectivity index (χ4n) is 1.62. The summed E-state index contributed by atoms with van der Waals surface area (Å²) in [7, 11) is 0. The number of ether oxygens (including phenoxy) is 1. The third-order valence-corrected chi connectivity index (χ3v) is 4.21. The Kier molecular flexibility index (Phi) is 11.4. The molecule has 0 aliphatic rings. The lowest BCUT2D eigenvalue weighted by Gasteiger charge is -2.15. The van der Waals surface area contributed by atoms with Gasteiger partial charge < -0.3 is 4.74 Å². The number of unbranched alkanes of at least 4 members (excludes halogenated alkanes) is 2. The van der Waals surface area contributed by atoms with Crippen molar-refractivity contribution in [2.45, 2.75) is 71.2 Å². The molecule has 0 saturated carbocycles. The molecule has 0 aliphatic heterocycles. The van der Waals surface area contributed by atoms with E-state index in [2.05, 4.69) is 0 Å². The summed E-state index contributed by atoms with van der Waals surface area (Å²) in [6.45, 7) is 8.19. The van der Waals surface area contributed by atoms with Crippen molar-refractivity contribution in [3.05, 3.63) is 0 Å². The summed E-state index contributed by atoms with van der Waals surface area (Å²) in [5, 5.41) is -0.0427. The first-order valence-corrected chi connectivity index (χ1v) is 8.44. The number of hydrogen-bond acceptors (Lipinski definition) is 3. The lowest BCUT2D eigenvalue weighted by atomic mass is 10.1. The van der Waals surface area contributed by atoms with Gasteiger partial charge in [0.25, 0.3) is 0 Å². The third-order valence-electron chi connectivity index (χ3n) is 2.76. The minimum absolute atomic E-state index is 0.0427. The van der Waals surface area contributed by atoms with Gasteiger partial charge in [0.15, 0.2) is 0 Å².